The second kappa shape index (κ2) is 5.96. The summed E-state index contributed by atoms with van der Waals surface area (Å²) in [6.07, 6.45) is 5.98. The molecule has 0 aromatic carbocycles. The number of hydrogen-bond donors (Lipinski definition) is 0. The van der Waals surface area contributed by atoms with Gasteiger partial charge in [-0.05, 0) is 18.9 Å². The molecule has 3 rings (SSSR count). The van der Waals surface area contributed by atoms with Gasteiger partial charge in [0.25, 0.3) is 0 Å². The lowest BCUT2D eigenvalue weighted by Crippen LogP contribution is -2.31. The van der Waals surface area contributed by atoms with Crippen molar-refractivity contribution in [3.8, 4) is 0 Å². The fourth-order valence-electron chi connectivity index (χ4n) is 3.07. The Hall–Kier alpha value is -1.47. The Bertz CT molecular complexity index is 769. The zero-order chi connectivity index (χ0) is 15.7. The van der Waals surface area contributed by atoms with Crippen LogP contribution in [0.4, 0.5) is 0 Å². The van der Waals surface area contributed by atoms with E-state index in [4.69, 9.17) is 0 Å². The highest BCUT2D eigenvalue weighted by Crippen LogP contribution is 2.30. The van der Waals surface area contributed by atoms with Gasteiger partial charge >= 0.3 is 0 Å². The number of hydrogen-bond acceptors (Lipinski definition) is 4. The number of unbranched alkanes of at least 4 members (excludes halogenated alkanes) is 1. The van der Waals surface area contributed by atoms with E-state index in [1.54, 1.807) is 16.7 Å². The van der Waals surface area contributed by atoms with Crippen molar-refractivity contribution in [2.24, 2.45) is 7.05 Å². The summed E-state index contributed by atoms with van der Waals surface area (Å²) >= 11 is 0. The van der Waals surface area contributed by atoms with Crippen molar-refractivity contribution in [2.45, 2.75) is 32.1 Å². The molecule has 1 fully saturated rings. The van der Waals surface area contributed by atoms with Gasteiger partial charge in [0, 0.05) is 32.3 Å². The maximum atomic E-state index is 12.3. The van der Waals surface area contributed by atoms with E-state index >= 15 is 0 Å². The van der Waals surface area contributed by atoms with Crippen LogP contribution in [0.15, 0.2) is 18.5 Å². The Kier molecular flexibility index (Phi) is 4.18. The van der Waals surface area contributed by atoms with Gasteiger partial charge in [-0.3, -0.25) is 4.98 Å². The highest BCUT2D eigenvalue weighted by atomic mass is 32.2. The molecule has 6 nitrogen and oxygen atoms in total. The molecule has 0 N–H and O–H groups in total. The Morgan fingerprint density at radius 2 is 2.23 bits per heavy atom. The van der Waals surface area contributed by atoms with E-state index < -0.39 is 10.0 Å². The molecule has 22 heavy (non-hydrogen) atoms. The van der Waals surface area contributed by atoms with Gasteiger partial charge in [0.1, 0.15) is 5.82 Å². The second-order valence-corrected chi connectivity index (χ2v) is 8.00. The van der Waals surface area contributed by atoms with Crippen molar-refractivity contribution in [1.29, 1.82) is 0 Å². The van der Waals surface area contributed by atoms with Crippen molar-refractivity contribution in [3.05, 3.63) is 24.3 Å². The molecule has 1 aliphatic heterocycles. The fourth-order valence-corrected chi connectivity index (χ4v) is 4.77. The first-order valence-electron chi connectivity index (χ1n) is 7.77. The number of nitrogens with zero attached hydrogens (tertiary/aromatic N) is 4. The molecule has 0 unspecified atom stereocenters. The number of rotatable bonds is 5. The van der Waals surface area contributed by atoms with Crippen LogP contribution in [-0.2, 0) is 17.1 Å². The van der Waals surface area contributed by atoms with Crippen LogP contribution in [0.1, 0.15) is 37.9 Å². The summed E-state index contributed by atoms with van der Waals surface area (Å²) in [4.78, 5) is 8.81. The molecule has 0 bridgehead atoms. The van der Waals surface area contributed by atoms with Crippen molar-refractivity contribution < 1.29 is 8.42 Å². The molecule has 3 heterocycles. The van der Waals surface area contributed by atoms with Crippen molar-refractivity contribution >= 4 is 21.1 Å². The van der Waals surface area contributed by atoms with Crippen molar-refractivity contribution in [2.75, 3.05) is 18.8 Å². The summed E-state index contributed by atoms with van der Waals surface area (Å²) in [5, 5.41) is 0. The van der Waals surface area contributed by atoms with Crippen molar-refractivity contribution in [1.82, 2.24) is 18.8 Å². The van der Waals surface area contributed by atoms with E-state index in [1.165, 1.54) is 0 Å². The molecular formula is C15H22N4O2S. The average Bonchev–Trinajstić information content (AvgIpc) is 3.11. The number of pyridine rings is 1. The number of aryl methyl sites for hydroxylation is 1. The highest BCUT2D eigenvalue weighted by Gasteiger charge is 2.33. The Morgan fingerprint density at radius 3 is 2.95 bits per heavy atom. The van der Waals surface area contributed by atoms with Gasteiger partial charge in [0.05, 0.1) is 23.0 Å². The lowest BCUT2D eigenvalue weighted by Gasteiger charge is -2.16. The standard InChI is InChI=1S/C15H22N4O2S/c1-3-4-9-22(20,21)19-8-6-12(11-19)15-17-13-5-7-16-10-14(13)18(15)2/h5,7,10,12H,3-4,6,8-9,11H2,1-2H3/t12-/m0/s1. The molecule has 0 amide bonds. The Labute approximate surface area is 131 Å². The lowest BCUT2D eigenvalue weighted by atomic mass is 10.1. The molecular weight excluding hydrogens is 300 g/mol. The van der Waals surface area contributed by atoms with Gasteiger partial charge in [0.2, 0.25) is 10.0 Å². The minimum atomic E-state index is -3.12. The first-order chi connectivity index (χ1) is 10.5. The van der Waals surface area contributed by atoms with Gasteiger partial charge in [0.15, 0.2) is 0 Å². The first kappa shape index (κ1) is 15.4. The lowest BCUT2D eigenvalue weighted by molar-refractivity contribution is 0.468. The van der Waals surface area contributed by atoms with Crippen LogP contribution < -0.4 is 0 Å². The Balaban J connectivity index is 1.81. The van der Waals surface area contributed by atoms with Gasteiger partial charge in [-0.1, -0.05) is 13.3 Å². The molecule has 0 aliphatic carbocycles. The number of sulfonamides is 1. The van der Waals surface area contributed by atoms with E-state index in [1.807, 2.05) is 24.6 Å². The molecule has 1 atom stereocenters. The molecule has 2 aromatic rings. The third-order valence-electron chi connectivity index (χ3n) is 4.38. The number of imidazole rings is 1. The SMILES string of the molecule is CCCCS(=O)(=O)N1CC[C@H](c2nc3ccncc3n2C)C1. The molecule has 0 saturated carbocycles. The third-order valence-corrected chi connectivity index (χ3v) is 6.31. The molecule has 0 radical (unpaired) electrons. The monoisotopic (exact) mass is 322 g/mol. The van der Waals surface area contributed by atoms with Crippen molar-refractivity contribution in [3.63, 3.8) is 0 Å². The predicted octanol–water partition coefficient (Wildman–Crippen LogP) is 1.89. The minimum Gasteiger partial charge on any atom is -0.330 e. The second-order valence-electron chi connectivity index (χ2n) is 5.91. The number of fused-ring (bicyclic) bond motifs is 1. The quantitative estimate of drug-likeness (QED) is 0.843. The van der Waals surface area contributed by atoms with Gasteiger partial charge in [-0.25, -0.2) is 17.7 Å². The first-order valence-corrected chi connectivity index (χ1v) is 9.38. The predicted molar refractivity (Wildman–Crippen MR) is 86.1 cm³/mol. The van der Waals surface area contributed by atoms with E-state index in [0.717, 1.165) is 36.1 Å². The molecule has 7 heteroatoms. The zero-order valence-corrected chi connectivity index (χ0v) is 13.9. The normalized spacial score (nSPS) is 20.0. The summed E-state index contributed by atoms with van der Waals surface area (Å²) in [7, 11) is -1.15. The molecule has 1 saturated heterocycles. The van der Waals surface area contributed by atoms with Gasteiger partial charge in [-0.2, -0.15) is 0 Å². The summed E-state index contributed by atoms with van der Waals surface area (Å²) in [5.41, 5.74) is 1.91. The van der Waals surface area contributed by atoms with Crippen LogP contribution in [0.25, 0.3) is 11.0 Å². The smallest absolute Gasteiger partial charge is 0.214 e. The van der Waals surface area contributed by atoms with E-state index in [2.05, 4.69) is 9.97 Å². The fraction of sp³-hybridized carbons (Fsp3) is 0.600. The van der Waals surface area contributed by atoms with E-state index in [0.29, 0.717) is 13.1 Å². The highest BCUT2D eigenvalue weighted by molar-refractivity contribution is 7.89. The molecule has 0 spiro atoms. The Morgan fingerprint density at radius 1 is 1.41 bits per heavy atom. The van der Waals surface area contributed by atoms with Gasteiger partial charge < -0.3 is 4.57 Å². The van der Waals surface area contributed by atoms with Crippen LogP contribution in [0.2, 0.25) is 0 Å². The minimum absolute atomic E-state index is 0.161. The zero-order valence-electron chi connectivity index (χ0n) is 13.1. The summed E-state index contributed by atoms with van der Waals surface area (Å²) in [6, 6.07) is 1.89. The van der Waals surface area contributed by atoms with Crippen LogP contribution in [0.3, 0.4) is 0 Å². The van der Waals surface area contributed by atoms with E-state index in [9.17, 15) is 8.42 Å². The number of aromatic nitrogens is 3. The third kappa shape index (κ3) is 2.75. The summed E-state index contributed by atoms with van der Waals surface area (Å²) in [6.45, 7) is 3.14. The van der Waals surface area contributed by atoms with Gasteiger partial charge in [-0.15, -0.1) is 0 Å². The van der Waals surface area contributed by atoms with Crippen LogP contribution >= 0.6 is 0 Å². The molecule has 1 aliphatic rings. The average molecular weight is 322 g/mol. The summed E-state index contributed by atoms with van der Waals surface area (Å²) in [5.74, 6) is 1.37. The molecule has 120 valence electrons. The maximum absolute atomic E-state index is 12.3. The van der Waals surface area contributed by atoms with Crippen LogP contribution in [0, 0.1) is 0 Å². The topological polar surface area (TPSA) is 68.1 Å². The molecule has 2 aromatic heterocycles. The maximum Gasteiger partial charge on any atom is 0.214 e. The van der Waals surface area contributed by atoms with E-state index in [-0.39, 0.29) is 11.7 Å². The van der Waals surface area contributed by atoms with Crippen LogP contribution in [-0.4, -0.2) is 46.1 Å². The van der Waals surface area contributed by atoms with Crippen LogP contribution in [0.5, 0.6) is 0 Å². The largest absolute Gasteiger partial charge is 0.330 e. The summed E-state index contributed by atoms with van der Waals surface area (Å²) < 4.78 is 28.3.